The van der Waals surface area contributed by atoms with E-state index < -0.39 is 0 Å². The molecule has 0 unspecified atom stereocenters. The summed E-state index contributed by atoms with van der Waals surface area (Å²) in [4.78, 5) is 5.50. The molecule has 4 nitrogen and oxygen atoms in total. The Morgan fingerprint density at radius 3 is 1.36 bits per heavy atom. The first-order chi connectivity index (χ1) is 41.2. The zero-order valence-corrected chi connectivity index (χ0v) is 49.2. The molecule has 12 aromatic carbocycles. The van der Waals surface area contributed by atoms with Gasteiger partial charge in [-0.1, -0.05) is 167 Å². The van der Waals surface area contributed by atoms with E-state index in [4.69, 9.17) is 0 Å². The van der Waals surface area contributed by atoms with Crippen LogP contribution in [0.25, 0.3) is 87.3 Å². The van der Waals surface area contributed by atoms with Crippen LogP contribution in [0.3, 0.4) is 0 Å². The summed E-state index contributed by atoms with van der Waals surface area (Å²) in [6.45, 7) is 14.3. The van der Waals surface area contributed by atoms with Gasteiger partial charge in [-0.05, 0) is 210 Å². The molecule has 0 amide bonds. The fourth-order valence-corrected chi connectivity index (χ4v) is 15.6. The van der Waals surface area contributed by atoms with E-state index in [-0.39, 0.29) is 11.8 Å². The highest BCUT2D eigenvalue weighted by Gasteiger charge is 2.33. The normalized spacial score (nSPS) is 13.7. The number of hydrogen-bond acceptors (Lipinski definition) is 2. The lowest BCUT2D eigenvalue weighted by molar-refractivity contribution is 0.686. The minimum absolute atomic E-state index is 0.242. The maximum absolute atomic E-state index is 2.75. The molecule has 0 saturated carbocycles. The Kier molecular flexibility index (Phi) is 11.9. The highest BCUT2D eigenvalue weighted by atomic mass is 15.2. The average Bonchev–Trinajstić information content (AvgIpc) is 1.25. The van der Waals surface area contributed by atoms with Crippen molar-refractivity contribution in [3.8, 4) is 11.4 Å². The van der Waals surface area contributed by atoms with Gasteiger partial charge >= 0.3 is 0 Å². The predicted molar refractivity (Wildman–Crippen MR) is 359 cm³/mol. The van der Waals surface area contributed by atoms with Gasteiger partial charge < -0.3 is 18.9 Å². The molecule has 14 aromatic rings. The molecule has 0 aliphatic heterocycles. The summed E-state index contributed by atoms with van der Waals surface area (Å²) in [5, 5.41) is 13.0. The first kappa shape index (κ1) is 50.6. The average molecular weight is 1090 g/mol. The van der Waals surface area contributed by atoms with Crippen molar-refractivity contribution in [2.75, 3.05) is 9.80 Å². The van der Waals surface area contributed by atoms with E-state index in [0.717, 1.165) is 31.4 Å². The fraction of sp³-hybridized carbons (Fsp3) is 0.200. The van der Waals surface area contributed by atoms with Crippen LogP contribution in [-0.4, -0.2) is 9.13 Å². The minimum atomic E-state index is 0.242. The molecular formula is C80H70N4. The van der Waals surface area contributed by atoms with Gasteiger partial charge in [0, 0.05) is 55.1 Å². The molecule has 4 heteroatoms. The quantitative estimate of drug-likeness (QED) is 0.127. The number of aryl methyl sites for hydroxylation is 4. The number of anilines is 6. The molecule has 2 aromatic heterocycles. The van der Waals surface area contributed by atoms with Crippen LogP contribution in [0.4, 0.5) is 34.1 Å². The zero-order valence-electron chi connectivity index (χ0n) is 49.2. The SMILES string of the molecule is Cc1ccc2c(c1N(c1cccc3c1CCCC3)c1cc(C(C)C)c3ccc4c(N(c5cccc6c5CCCC6)c5c(C)ccc6c7ccccc7n(-c7ccccc7)c56)cc(C(C)C)c5ccc1c3c54)c1ccccc1n2-c1ccccc1. The summed E-state index contributed by atoms with van der Waals surface area (Å²) in [5.74, 6) is 0.486. The fourth-order valence-electron chi connectivity index (χ4n) is 15.6. The topological polar surface area (TPSA) is 16.3 Å². The molecule has 0 fully saturated rings. The van der Waals surface area contributed by atoms with Crippen LogP contribution in [-0.2, 0) is 25.7 Å². The molecule has 0 spiro atoms. The number of nitrogens with zero attached hydrogens (tertiary/aromatic N) is 4. The number of rotatable bonds is 10. The molecule has 0 radical (unpaired) electrons. The van der Waals surface area contributed by atoms with E-state index in [0.29, 0.717) is 0 Å². The van der Waals surface area contributed by atoms with Gasteiger partial charge in [0.2, 0.25) is 0 Å². The van der Waals surface area contributed by atoms with Gasteiger partial charge in [-0.3, -0.25) is 0 Å². The molecule has 410 valence electrons. The molecule has 16 rings (SSSR count). The van der Waals surface area contributed by atoms with Gasteiger partial charge in [0.15, 0.2) is 0 Å². The summed E-state index contributed by atoms with van der Waals surface area (Å²) < 4.78 is 5.04. The van der Waals surface area contributed by atoms with Crippen LogP contribution in [0.5, 0.6) is 0 Å². The van der Waals surface area contributed by atoms with E-state index in [2.05, 4.69) is 267 Å². The third-order valence-corrected chi connectivity index (χ3v) is 19.4. The monoisotopic (exact) mass is 1090 g/mol. The lowest BCUT2D eigenvalue weighted by atomic mass is 9.83. The smallest absolute Gasteiger partial charge is 0.0785 e. The van der Waals surface area contributed by atoms with Crippen LogP contribution in [0, 0.1) is 13.8 Å². The van der Waals surface area contributed by atoms with Crippen LogP contribution < -0.4 is 9.80 Å². The third-order valence-electron chi connectivity index (χ3n) is 19.4. The van der Waals surface area contributed by atoms with E-state index in [1.54, 1.807) is 0 Å². The molecule has 0 N–H and O–H groups in total. The molecule has 2 heterocycles. The first-order valence-electron chi connectivity index (χ1n) is 31.0. The van der Waals surface area contributed by atoms with Crippen molar-refractivity contribution in [3.05, 3.63) is 251 Å². The molecule has 2 aliphatic carbocycles. The summed E-state index contributed by atoms with van der Waals surface area (Å²) in [7, 11) is 0. The summed E-state index contributed by atoms with van der Waals surface area (Å²) >= 11 is 0. The largest absolute Gasteiger partial charge is 0.309 e. The Balaban J connectivity index is 1.06. The van der Waals surface area contributed by atoms with Crippen LogP contribution in [0.2, 0.25) is 0 Å². The van der Waals surface area contributed by atoms with Crippen molar-refractivity contribution in [3.63, 3.8) is 0 Å². The van der Waals surface area contributed by atoms with E-state index >= 15 is 0 Å². The Morgan fingerprint density at radius 1 is 0.333 bits per heavy atom. The maximum Gasteiger partial charge on any atom is 0.0785 e. The van der Waals surface area contributed by atoms with Gasteiger partial charge in [0.25, 0.3) is 0 Å². The number of benzene rings is 12. The molecule has 2 aliphatic rings. The summed E-state index contributed by atoms with van der Waals surface area (Å²) in [5.41, 5.74) is 25.9. The second kappa shape index (κ2) is 19.8. The van der Waals surface area contributed by atoms with Crippen molar-refractivity contribution in [2.45, 2.75) is 105 Å². The van der Waals surface area contributed by atoms with Crippen LogP contribution in [0.1, 0.15) is 110 Å². The molecule has 84 heavy (non-hydrogen) atoms. The number of fused-ring (bicyclic) bond motifs is 8. The van der Waals surface area contributed by atoms with Gasteiger partial charge in [-0.25, -0.2) is 0 Å². The van der Waals surface area contributed by atoms with Gasteiger partial charge in [-0.2, -0.15) is 0 Å². The predicted octanol–water partition coefficient (Wildman–Crippen LogP) is 22.3. The zero-order chi connectivity index (χ0) is 56.5. The van der Waals surface area contributed by atoms with E-state index in [1.165, 1.54) is 186 Å². The Bertz CT molecular complexity index is 4940. The first-order valence-corrected chi connectivity index (χ1v) is 31.0. The number of aromatic nitrogens is 2. The van der Waals surface area contributed by atoms with Crippen molar-refractivity contribution < 1.29 is 0 Å². The van der Waals surface area contributed by atoms with Gasteiger partial charge in [0.05, 0.1) is 44.8 Å². The summed E-state index contributed by atoms with van der Waals surface area (Å²) in [6.07, 6.45) is 9.12. The Hall–Kier alpha value is -9.12. The highest BCUT2D eigenvalue weighted by Crippen LogP contribution is 2.56. The van der Waals surface area contributed by atoms with Crippen molar-refractivity contribution in [1.82, 2.24) is 9.13 Å². The van der Waals surface area contributed by atoms with E-state index in [1.807, 2.05) is 0 Å². The third kappa shape index (κ3) is 7.58. The van der Waals surface area contributed by atoms with Crippen LogP contribution in [0.15, 0.2) is 206 Å². The second-order valence-electron chi connectivity index (χ2n) is 24.9. The van der Waals surface area contributed by atoms with Crippen molar-refractivity contribution in [2.24, 2.45) is 0 Å². The lowest BCUT2D eigenvalue weighted by Crippen LogP contribution is -2.18. The van der Waals surface area contributed by atoms with Crippen LogP contribution >= 0.6 is 0 Å². The standard InChI is InChI=1S/C80H70N4/c1-49(2)66-47-73(83(68-37-21-25-53-23-13-15-31-57(53)68)78-51(5)40-46-72-77(78)63-34-18-20-36-71(63)81(72)55-27-9-7-10-28-55)64-44-42-61-67(50(3)4)48-74(65-45-43-60(66)75(64)76(61)65)84(69-38-22-26-54-24-14-16-32-58(54)69)79-52(6)39-41-62-59-33-17-19-35-70(59)82(80(62)79)56-29-11-8-12-30-56/h7-12,17-22,25-30,33-50H,13-16,23-24,31-32H2,1-6H3. The Morgan fingerprint density at radius 2 is 0.786 bits per heavy atom. The molecule has 0 saturated heterocycles. The summed E-state index contributed by atoms with van der Waals surface area (Å²) in [6, 6.07) is 79.3. The maximum atomic E-state index is 2.75. The number of hydrogen-bond donors (Lipinski definition) is 0. The highest BCUT2D eigenvalue weighted by molar-refractivity contribution is 6.30. The van der Waals surface area contributed by atoms with Gasteiger partial charge in [-0.15, -0.1) is 0 Å². The lowest BCUT2D eigenvalue weighted by Gasteiger charge is -2.35. The van der Waals surface area contributed by atoms with Crippen molar-refractivity contribution >= 4 is 110 Å². The Labute approximate surface area is 493 Å². The molecule has 0 bridgehead atoms. The minimum Gasteiger partial charge on any atom is -0.309 e. The molecular weight excluding hydrogens is 1020 g/mol. The van der Waals surface area contributed by atoms with Crippen molar-refractivity contribution in [1.29, 1.82) is 0 Å². The second-order valence-corrected chi connectivity index (χ2v) is 24.9. The van der Waals surface area contributed by atoms with Gasteiger partial charge in [0.1, 0.15) is 0 Å². The number of para-hydroxylation sites is 4. The van der Waals surface area contributed by atoms with E-state index in [9.17, 15) is 0 Å². The molecule has 0 atom stereocenters.